The molecule has 0 aliphatic rings. The largest absolute Gasteiger partial charge is 0.497 e. The Morgan fingerprint density at radius 2 is 1.58 bits per heavy atom. The molecule has 0 unspecified atom stereocenters. The first-order valence-electron chi connectivity index (χ1n) is 9.48. The van der Waals surface area contributed by atoms with Crippen molar-refractivity contribution in [3.05, 3.63) is 78.5 Å². The highest BCUT2D eigenvalue weighted by molar-refractivity contribution is 7.92. The number of hydrogen-bond acceptors (Lipinski definition) is 6. The van der Waals surface area contributed by atoms with Crippen molar-refractivity contribution in [1.82, 2.24) is 19.5 Å². The van der Waals surface area contributed by atoms with Gasteiger partial charge in [0, 0.05) is 22.6 Å². The van der Waals surface area contributed by atoms with Crippen molar-refractivity contribution in [1.29, 1.82) is 0 Å². The zero-order valence-corrected chi connectivity index (χ0v) is 18.1. The van der Waals surface area contributed by atoms with Crippen LogP contribution < -0.4 is 9.46 Å². The van der Waals surface area contributed by atoms with Crippen molar-refractivity contribution >= 4 is 16.0 Å². The Hall–Kier alpha value is -3.72. The second kappa shape index (κ2) is 8.19. The van der Waals surface area contributed by atoms with E-state index in [1.54, 1.807) is 51.7 Å². The van der Waals surface area contributed by atoms with Crippen LogP contribution in [0.4, 0.5) is 5.95 Å². The Kier molecular flexibility index (Phi) is 5.43. The Labute approximate surface area is 180 Å². The van der Waals surface area contributed by atoms with Crippen LogP contribution in [0.1, 0.15) is 11.4 Å². The van der Waals surface area contributed by atoms with Crippen molar-refractivity contribution in [3.8, 4) is 22.7 Å². The van der Waals surface area contributed by atoms with Crippen LogP contribution in [0.2, 0.25) is 0 Å². The number of sulfonamides is 1. The van der Waals surface area contributed by atoms with Crippen molar-refractivity contribution in [3.63, 3.8) is 0 Å². The third-order valence-corrected chi connectivity index (χ3v) is 6.00. The number of nitrogens with zero attached hydrogens (tertiary/aromatic N) is 4. The first kappa shape index (κ1) is 20.5. The molecule has 0 atom stereocenters. The van der Waals surface area contributed by atoms with E-state index in [1.807, 2.05) is 28.8 Å². The standard InChI is InChI=1S/C22H21N5O3S/c1-15-12-16(2)25-22(24-15)26-31(28,29)20-10-6-18(7-11-20)27-14-23-13-21(27)17-4-8-19(30-3)9-5-17/h4-14H,1-3H3,(H,24,25,26). The number of methoxy groups -OCH3 is 1. The number of aromatic nitrogens is 4. The molecular weight excluding hydrogens is 414 g/mol. The van der Waals surface area contributed by atoms with Crippen LogP contribution >= 0.6 is 0 Å². The topological polar surface area (TPSA) is 99.0 Å². The monoisotopic (exact) mass is 435 g/mol. The number of ether oxygens (including phenoxy) is 1. The maximum absolute atomic E-state index is 12.7. The summed E-state index contributed by atoms with van der Waals surface area (Å²) in [5, 5.41) is 0. The van der Waals surface area contributed by atoms with Crippen molar-refractivity contribution in [2.75, 3.05) is 11.8 Å². The molecule has 9 heteroatoms. The minimum Gasteiger partial charge on any atom is -0.497 e. The normalized spacial score (nSPS) is 11.3. The molecule has 0 saturated heterocycles. The van der Waals surface area contributed by atoms with Gasteiger partial charge in [0.1, 0.15) is 5.75 Å². The van der Waals surface area contributed by atoms with E-state index in [4.69, 9.17) is 4.74 Å². The van der Waals surface area contributed by atoms with Gasteiger partial charge in [-0.1, -0.05) is 0 Å². The van der Waals surface area contributed by atoms with Gasteiger partial charge in [-0.15, -0.1) is 0 Å². The molecule has 0 aliphatic heterocycles. The molecule has 0 radical (unpaired) electrons. The summed E-state index contributed by atoms with van der Waals surface area (Å²) in [5.41, 5.74) is 3.99. The SMILES string of the molecule is COc1ccc(-c2cncn2-c2ccc(S(=O)(=O)Nc3nc(C)cc(C)n3)cc2)cc1. The molecule has 2 aromatic heterocycles. The van der Waals surface area contributed by atoms with E-state index in [2.05, 4.69) is 19.7 Å². The zero-order valence-electron chi connectivity index (χ0n) is 17.3. The minimum atomic E-state index is -3.82. The lowest BCUT2D eigenvalue weighted by Gasteiger charge is -2.11. The van der Waals surface area contributed by atoms with Crippen LogP contribution in [-0.4, -0.2) is 35.0 Å². The van der Waals surface area contributed by atoms with Gasteiger partial charge in [-0.25, -0.2) is 28.1 Å². The Morgan fingerprint density at radius 1 is 0.935 bits per heavy atom. The first-order valence-corrected chi connectivity index (χ1v) is 11.0. The van der Waals surface area contributed by atoms with E-state index in [0.717, 1.165) is 22.7 Å². The van der Waals surface area contributed by atoms with Crippen LogP contribution in [0.3, 0.4) is 0 Å². The van der Waals surface area contributed by atoms with Crippen LogP contribution in [0.25, 0.3) is 16.9 Å². The molecule has 2 aromatic carbocycles. The lowest BCUT2D eigenvalue weighted by Crippen LogP contribution is -2.15. The first-order chi connectivity index (χ1) is 14.9. The highest BCUT2D eigenvalue weighted by Gasteiger charge is 2.17. The van der Waals surface area contributed by atoms with Gasteiger partial charge in [0.25, 0.3) is 10.0 Å². The Bertz CT molecular complexity index is 1290. The van der Waals surface area contributed by atoms with Gasteiger partial charge in [0.2, 0.25) is 5.95 Å². The second-order valence-corrected chi connectivity index (χ2v) is 8.63. The van der Waals surface area contributed by atoms with E-state index in [1.165, 1.54) is 12.1 Å². The summed E-state index contributed by atoms with van der Waals surface area (Å²) in [6.45, 7) is 3.57. The number of rotatable bonds is 6. The van der Waals surface area contributed by atoms with Crippen molar-refractivity contribution in [2.45, 2.75) is 18.7 Å². The average molecular weight is 436 g/mol. The molecule has 0 bridgehead atoms. The summed E-state index contributed by atoms with van der Waals surface area (Å²) in [5.74, 6) is 0.822. The molecule has 0 aliphatic carbocycles. The van der Waals surface area contributed by atoms with Crippen LogP contribution in [0, 0.1) is 13.8 Å². The quantitative estimate of drug-likeness (QED) is 0.495. The lowest BCUT2D eigenvalue weighted by atomic mass is 10.1. The molecule has 31 heavy (non-hydrogen) atoms. The molecule has 0 fully saturated rings. The molecule has 2 heterocycles. The fraction of sp³-hybridized carbons (Fsp3) is 0.136. The Morgan fingerprint density at radius 3 is 2.19 bits per heavy atom. The number of imidazole rings is 1. The number of benzene rings is 2. The van der Waals surface area contributed by atoms with Gasteiger partial charge >= 0.3 is 0 Å². The molecule has 8 nitrogen and oxygen atoms in total. The summed E-state index contributed by atoms with van der Waals surface area (Å²) < 4.78 is 35.0. The number of hydrogen-bond donors (Lipinski definition) is 1. The molecular formula is C22H21N5O3S. The lowest BCUT2D eigenvalue weighted by molar-refractivity contribution is 0.415. The van der Waals surface area contributed by atoms with Crippen LogP contribution in [0.15, 0.2) is 72.0 Å². The number of anilines is 1. The molecule has 0 spiro atoms. The predicted molar refractivity (Wildman–Crippen MR) is 118 cm³/mol. The fourth-order valence-corrected chi connectivity index (χ4v) is 4.16. The van der Waals surface area contributed by atoms with Gasteiger partial charge in [-0.2, -0.15) is 0 Å². The third kappa shape index (κ3) is 4.41. The number of aryl methyl sites for hydroxylation is 2. The summed E-state index contributed by atoms with van der Waals surface area (Å²) in [4.78, 5) is 12.6. The molecule has 1 N–H and O–H groups in total. The van der Waals surface area contributed by atoms with Crippen LogP contribution in [-0.2, 0) is 10.0 Å². The predicted octanol–water partition coefficient (Wildman–Crippen LogP) is 3.76. The summed E-state index contributed by atoms with van der Waals surface area (Å²) in [6, 6.07) is 16.0. The molecule has 158 valence electrons. The number of nitrogens with one attached hydrogen (secondary N) is 1. The summed E-state index contributed by atoms with van der Waals surface area (Å²) in [6.07, 6.45) is 3.44. The van der Waals surface area contributed by atoms with Crippen LogP contribution in [0.5, 0.6) is 5.75 Å². The third-order valence-electron chi connectivity index (χ3n) is 4.66. The van der Waals surface area contributed by atoms with Gasteiger partial charge in [0.05, 0.1) is 30.2 Å². The summed E-state index contributed by atoms with van der Waals surface area (Å²) >= 11 is 0. The molecule has 0 amide bonds. The maximum Gasteiger partial charge on any atom is 0.264 e. The van der Waals surface area contributed by atoms with E-state index in [-0.39, 0.29) is 10.8 Å². The van der Waals surface area contributed by atoms with Crippen molar-refractivity contribution < 1.29 is 13.2 Å². The van der Waals surface area contributed by atoms with E-state index >= 15 is 0 Å². The van der Waals surface area contributed by atoms with Crippen molar-refractivity contribution in [2.24, 2.45) is 0 Å². The Balaban J connectivity index is 1.61. The maximum atomic E-state index is 12.7. The average Bonchev–Trinajstić information content (AvgIpc) is 3.23. The molecule has 4 aromatic rings. The highest BCUT2D eigenvalue weighted by Crippen LogP contribution is 2.25. The van der Waals surface area contributed by atoms with E-state index in [0.29, 0.717) is 11.4 Å². The summed E-state index contributed by atoms with van der Waals surface area (Å²) in [7, 11) is -2.20. The minimum absolute atomic E-state index is 0.0537. The fourth-order valence-electron chi connectivity index (χ4n) is 3.21. The highest BCUT2D eigenvalue weighted by atomic mass is 32.2. The van der Waals surface area contributed by atoms with Gasteiger partial charge in [-0.05, 0) is 68.4 Å². The van der Waals surface area contributed by atoms with Gasteiger partial charge in [-0.3, -0.25) is 4.57 Å². The van der Waals surface area contributed by atoms with E-state index in [9.17, 15) is 8.42 Å². The smallest absolute Gasteiger partial charge is 0.264 e. The van der Waals surface area contributed by atoms with Gasteiger partial charge in [0.15, 0.2) is 0 Å². The second-order valence-electron chi connectivity index (χ2n) is 6.95. The molecule has 0 saturated carbocycles. The van der Waals surface area contributed by atoms with Gasteiger partial charge < -0.3 is 4.74 Å². The molecule has 4 rings (SSSR count). The van der Waals surface area contributed by atoms with E-state index < -0.39 is 10.0 Å². The zero-order chi connectivity index (χ0) is 22.0.